The first-order chi connectivity index (χ1) is 6.66. The number of carbonyl (C=O) groups is 1. The fraction of sp³-hybridized carbons (Fsp3) is 0.625. The van der Waals surface area contributed by atoms with Crippen molar-refractivity contribution in [3.05, 3.63) is 12.2 Å². The van der Waals surface area contributed by atoms with E-state index in [1.54, 1.807) is 0 Å². The van der Waals surface area contributed by atoms with Gasteiger partial charge in [-0.25, -0.2) is 9.18 Å². The minimum Gasteiger partial charge on any atom is -0.432 e. The first-order valence-corrected chi connectivity index (χ1v) is 4.30. The van der Waals surface area contributed by atoms with Gasteiger partial charge >= 0.3 is 12.1 Å². The van der Waals surface area contributed by atoms with E-state index in [0.29, 0.717) is 0 Å². The summed E-state index contributed by atoms with van der Waals surface area (Å²) < 4.78 is 45.2. The van der Waals surface area contributed by atoms with E-state index in [9.17, 15) is 18.0 Å². The first kappa shape index (κ1) is 14.2. The van der Waals surface area contributed by atoms with Gasteiger partial charge in [-0.15, -0.1) is 0 Å². The van der Waals surface area contributed by atoms with Crippen LogP contribution in [0.15, 0.2) is 12.2 Å². The lowest BCUT2D eigenvalue weighted by atomic mass is 10.4. The number of esters is 1. The standard InChI is InChI=1S/C8H10ClF3O3/c1-4(2)6(13)14-5(3)15-8(11,12)7(9)10/h5,7H,1H2,2-3H3. The molecular weight excluding hydrogens is 237 g/mol. The van der Waals surface area contributed by atoms with E-state index < -0.39 is 24.0 Å². The second kappa shape index (κ2) is 5.37. The molecule has 88 valence electrons. The Labute approximate surface area is 89.8 Å². The molecule has 0 bridgehead atoms. The van der Waals surface area contributed by atoms with E-state index in [2.05, 4.69) is 27.7 Å². The molecule has 0 aromatic rings. The quantitative estimate of drug-likeness (QED) is 0.324. The average Bonchev–Trinajstić information content (AvgIpc) is 2.01. The van der Waals surface area contributed by atoms with Gasteiger partial charge in [0.2, 0.25) is 6.29 Å². The lowest BCUT2D eigenvalue weighted by Crippen LogP contribution is -2.35. The molecule has 0 saturated heterocycles. The SMILES string of the molecule is C=C(C)C(=O)OC(C)OC(F)(F)C(F)Cl. The first-order valence-electron chi connectivity index (χ1n) is 3.87. The Kier molecular flexibility index (Phi) is 5.10. The Morgan fingerprint density at radius 1 is 1.53 bits per heavy atom. The van der Waals surface area contributed by atoms with Crippen LogP contribution in [0.2, 0.25) is 0 Å². The topological polar surface area (TPSA) is 35.5 Å². The molecule has 2 unspecified atom stereocenters. The second-order valence-corrected chi connectivity index (χ2v) is 3.12. The van der Waals surface area contributed by atoms with E-state index in [1.807, 2.05) is 0 Å². The van der Waals surface area contributed by atoms with Gasteiger partial charge in [0.15, 0.2) is 0 Å². The summed E-state index contributed by atoms with van der Waals surface area (Å²) in [5.74, 6) is -0.914. The molecule has 7 heteroatoms. The van der Waals surface area contributed by atoms with Crippen LogP contribution in [0.3, 0.4) is 0 Å². The fourth-order valence-corrected chi connectivity index (χ4v) is 0.600. The molecule has 2 atom stereocenters. The Morgan fingerprint density at radius 3 is 2.33 bits per heavy atom. The van der Waals surface area contributed by atoms with Crippen LogP contribution in [0.4, 0.5) is 13.2 Å². The third kappa shape index (κ3) is 5.03. The number of rotatable bonds is 5. The van der Waals surface area contributed by atoms with E-state index in [0.717, 1.165) is 6.92 Å². The predicted molar refractivity (Wildman–Crippen MR) is 47.1 cm³/mol. The lowest BCUT2D eigenvalue weighted by molar-refractivity contribution is -0.315. The van der Waals surface area contributed by atoms with Gasteiger partial charge in [0.25, 0.3) is 5.63 Å². The van der Waals surface area contributed by atoms with E-state index in [1.165, 1.54) is 6.92 Å². The van der Waals surface area contributed by atoms with E-state index in [-0.39, 0.29) is 5.57 Å². The van der Waals surface area contributed by atoms with Crippen molar-refractivity contribution in [2.45, 2.75) is 31.9 Å². The molecule has 3 nitrogen and oxygen atoms in total. The van der Waals surface area contributed by atoms with Crippen LogP contribution in [-0.4, -0.2) is 24.0 Å². The van der Waals surface area contributed by atoms with Gasteiger partial charge < -0.3 is 4.74 Å². The van der Waals surface area contributed by atoms with Crippen molar-refractivity contribution in [2.24, 2.45) is 0 Å². The molecule has 0 aliphatic carbocycles. The highest BCUT2D eigenvalue weighted by Gasteiger charge is 2.42. The Hall–Kier alpha value is -0.750. The summed E-state index contributed by atoms with van der Waals surface area (Å²) in [6, 6.07) is 0. The maximum atomic E-state index is 12.5. The van der Waals surface area contributed by atoms with Gasteiger partial charge in [-0.3, -0.25) is 4.74 Å². The van der Waals surface area contributed by atoms with Crippen molar-refractivity contribution in [1.29, 1.82) is 0 Å². The molecule has 0 spiro atoms. The van der Waals surface area contributed by atoms with Gasteiger partial charge in [-0.05, 0) is 13.8 Å². The second-order valence-electron chi connectivity index (χ2n) is 2.73. The van der Waals surface area contributed by atoms with Crippen LogP contribution in [0, 0.1) is 0 Å². The zero-order valence-electron chi connectivity index (χ0n) is 8.10. The van der Waals surface area contributed by atoms with Crippen molar-refractivity contribution in [3.63, 3.8) is 0 Å². The van der Waals surface area contributed by atoms with Gasteiger partial charge in [-0.1, -0.05) is 18.2 Å². The highest BCUT2D eigenvalue weighted by molar-refractivity contribution is 6.20. The maximum absolute atomic E-state index is 12.5. The number of halogens is 4. The Bertz CT molecular complexity index is 256. The monoisotopic (exact) mass is 246 g/mol. The van der Waals surface area contributed by atoms with Gasteiger partial charge in [0.05, 0.1) is 0 Å². The highest BCUT2D eigenvalue weighted by atomic mass is 35.5. The van der Waals surface area contributed by atoms with Crippen molar-refractivity contribution >= 4 is 17.6 Å². The Balaban J connectivity index is 4.20. The average molecular weight is 247 g/mol. The number of carbonyl (C=O) groups excluding carboxylic acids is 1. The summed E-state index contributed by atoms with van der Waals surface area (Å²) in [5, 5.41) is 0. The summed E-state index contributed by atoms with van der Waals surface area (Å²) in [4.78, 5) is 10.8. The van der Waals surface area contributed by atoms with Gasteiger partial charge in [0.1, 0.15) is 0 Å². The molecule has 0 N–H and O–H groups in total. The third-order valence-corrected chi connectivity index (χ3v) is 1.45. The number of alkyl halides is 4. The van der Waals surface area contributed by atoms with Crippen molar-refractivity contribution in [2.75, 3.05) is 0 Å². The zero-order valence-corrected chi connectivity index (χ0v) is 8.85. The van der Waals surface area contributed by atoms with Gasteiger partial charge in [0, 0.05) is 5.57 Å². The Morgan fingerprint density at radius 2 is 2.00 bits per heavy atom. The van der Waals surface area contributed by atoms with Crippen LogP contribution < -0.4 is 0 Å². The number of ether oxygens (including phenoxy) is 2. The zero-order chi connectivity index (χ0) is 12.2. The molecule has 0 aliphatic rings. The highest BCUT2D eigenvalue weighted by Crippen LogP contribution is 2.27. The van der Waals surface area contributed by atoms with Crippen LogP contribution >= 0.6 is 11.6 Å². The number of hydrogen-bond acceptors (Lipinski definition) is 3. The normalized spacial score (nSPS) is 15.6. The molecule has 15 heavy (non-hydrogen) atoms. The van der Waals surface area contributed by atoms with Crippen LogP contribution in [-0.2, 0) is 14.3 Å². The molecule has 0 fully saturated rings. The largest absolute Gasteiger partial charge is 0.432 e. The molecule has 0 amide bonds. The lowest BCUT2D eigenvalue weighted by Gasteiger charge is -2.21. The number of hydrogen-bond donors (Lipinski definition) is 0. The minimum absolute atomic E-state index is 0.0106. The van der Waals surface area contributed by atoms with Crippen LogP contribution in [0.25, 0.3) is 0 Å². The minimum atomic E-state index is -4.21. The van der Waals surface area contributed by atoms with E-state index in [4.69, 9.17) is 0 Å². The van der Waals surface area contributed by atoms with Crippen molar-refractivity contribution in [3.8, 4) is 0 Å². The molecule has 0 aliphatic heterocycles. The smallest absolute Gasteiger partial charge is 0.403 e. The van der Waals surface area contributed by atoms with Crippen LogP contribution in [0.5, 0.6) is 0 Å². The van der Waals surface area contributed by atoms with Crippen molar-refractivity contribution < 1.29 is 27.4 Å². The third-order valence-electron chi connectivity index (χ3n) is 1.20. The molecule has 0 aromatic carbocycles. The summed E-state index contributed by atoms with van der Waals surface area (Å²) in [6.45, 7) is 5.56. The molecule has 0 radical (unpaired) electrons. The molecule has 0 saturated carbocycles. The fourth-order valence-electron chi connectivity index (χ4n) is 0.548. The van der Waals surface area contributed by atoms with Crippen LogP contribution in [0.1, 0.15) is 13.8 Å². The summed E-state index contributed by atoms with van der Waals surface area (Å²) in [7, 11) is 0. The molecular formula is C8H10ClF3O3. The molecule has 0 aromatic heterocycles. The predicted octanol–water partition coefficient (Wildman–Crippen LogP) is 2.60. The summed E-state index contributed by atoms with van der Waals surface area (Å²) in [5.41, 5.74) is -3.00. The summed E-state index contributed by atoms with van der Waals surface area (Å²) >= 11 is 4.51. The molecule has 0 rings (SSSR count). The molecule has 0 heterocycles. The van der Waals surface area contributed by atoms with E-state index >= 15 is 0 Å². The van der Waals surface area contributed by atoms with Gasteiger partial charge in [-0.2, -0.15) is 8.78 Å². The summed E-state index contributed by atoms with van der Waals surface area (Å²) in [6.07, 6.45) is -5.84. The van der Waals surface area contributed by atoms with Crippen molar-refractivity contribution in [1.82, 2.24) is 0 Å². The maximum Gasteiger partial charge on any atom is 0.403 e.